The van der Waals surface area contributed by atoms with Crippen molar-refractivity contribution >= 4 is 17.6 Å². The van der Waals surface area contributed by atoms with Gasteiger partial charge in [0.2, 0.25) is 5.91 Å². The summed E-state index contributed by atoms with van der Waals surface area (Å²) in [4.78, 5) is 24.3. The fraction of sp³-hybridized carbons (Fsp3) is 0.320. The van der Waals surface area contributed by atoms with E-state index in [9.17, 15) is 31.5 Å². The third-order valence-corrected chi connectivity index (χ3v) is 6.26. The van der Waals surface area contributed by atoms with Crippen LogP contribution in [-0.2, 0) is 22.9 Å². The van der Waals surface area contributed by atoms with Crippen LogP contribution >= 0.6 is 0 Å². The molecule has 1 aliphatic carbocycles. The summed E-state index contributed by atoms with van der Waals surface area (Å²) in [6.07, 6.45) is -6.74. The number of carboxylic acids is 1. The highest BCUT2D eigenvalue weighted by atomic mass is 19.4. The molecule has 0 radical (unpaired) electrons. The van der Waals surface area contributed by atoms with Gasteiger partial charge in [0.05, 0.1) is 16.7 Å². The molecule has 2 N–H and O–H groups in total. The molecule has 1 aliphatic heterocycles. The summed E-state index contributed by atoms with van der Waals surface area (Å²) in [5.74, 6) is -1.83. The molecule has 0 bridgehead atoms. The lowest BCUT2D eigenvalue weighted by Gasteiger charge is -2.28. The topological polar surface area (TPSA) is 82.0 Å². The highest BCUT2D eigenvalue weighted by Crippen LogP contribution is 2.46. The van der Waals surface area contributed by atoms with Gasteiger partial charge in [-0.3, -0.25) is 9.80 Å². The number of halogens is 5. The highest BCUT2D eigenvalue weighted by Gasteiger charge is 2.47. The Labute approximate surface area is 203 Å². The minimum atomic E-state index is -4.53. The first kappa shape index (κ1) is 25.3. The molecule has 1 fully saturated rings. The number of hydrazone groups is 1. The van der Waals surface area contributed by atoms with Crippen LogP contribution in [0.2, 0.25) is 0 Å². The van der Waals surface area contributed by atoms with E-state index in [0.29, 0.717) is 18.4 Å². The van der Waals surface area contributed by atoms with Gasteiger partial charge < -0.3 is 10.4 Å². The van der Waals surface area contributed by atoms with Gasteiger partial charge in [0.25, 0.3) is 6.43 Å². The van der Waals surface area contributed by atoms with Crippen LogP contribution in [0.1, 0.15) is 46.3 Å². The first-order valence-electron chi connectivity index (χ1n) is 11.0. The van der Waals surface area contributed by atoms with E-state index < -0.39 is 41.3 Å². The van der Waals surface area contributed by atoms with Crippen molar-refractivity contribution < 1.29 is 36.6 Å². The van der Waals surface area contributed by atoms with Gasteiger partial charge >= 0.3 is 12.1 Å². The van der Waals surface area contributed by atoms with E-state index in [1.165, 1.54) is 31.3 Å². The second-order valence-electron chi connectivity index (χ2n) is 8.82. The van der Waals surface area contributed by atoms with Crippen LogP contribution < -0.4 is 5.32 Å². The number of nitrogens with one attached hydrogen (secondary N) is 1. The molecule has 0 aromatic heterocycles. The zero-order chi connectivity index (χ0) is 26.3. The zero-order valence-corrected chi connectivity index (χ0v) is 19.1. The van der Waals surface area contributed by atoms with E-state index in [0.717, 1.165) is 17.1 Å². The van der Waals surface area contributed by atoms with Crippen molar-refractivity contribution in [2.24, 2.45) is 5.10 Å². The monoisotopic (exact) mass is 507 g/mol. The summed E-state index contributed by atoms with van der Waals surface area (Å²) in [6, 6.07) is 10.6. The fourth-order valence-electron chi connectivity index (χ4n) is 4.29. The maximum absolute atomic E-state index is 13.9. The van der Waals surface area contributed by atoms with Crippen molar-refractivity contribution in [2.75, 3.05) is 7.05 Å². The van der Waals surface area contributed by atoms with Crippen molar-refractivity contribution in [3.8, 4) is 0 Å². The van der Waals surface area contributed by atoms with E-state index in [1.54, 1.807) is 12.1 Å². The minimum absolute atomic E-state index is 0.0522. The molecule has 4 rings (SSSR count). The van der Waals surface area contributed by atoms with Gasteiger partial charge in [0, 0.05) is 31.2 Å². The van der Waals surface area contributed by atoms with E-state index in [1.807, 2.05) is 0 Å². The van der Waals surface area contributed by atoms with Gasteiger partial charge in [-0.2, -0.15) is 18.3 Å². The van der Waals surface area contributed by atoms with Gasteiger partial charge in [-0.15, -0.1) is 0 Å². The van der Waals surface area contributed by atoms with Gasteiger partial charge in [0.15, 0.2) is 0 Å². The van der Waals surface area contributed by atoms with Crippen molar-refractivity contribution in [2.45, 2.75) is 43.8 Å². The summed E-state index contributed by atoms with van der Waals surface area (Å²) in [7, 11) is 1.26. The predicted octanol–water partition coefficient (Wildman–Crippen LogP) is 4.96. The van der Waals surface area contributed by atoms with Crippen LogP contribution in [-0.4, -0.2) is 41.2 Å². The molecule has 190 valence electrons. The number of rotatable bonds is 7. The van der Waals surface area contributed by atoms with E-state index in [2.05, 4.69) is 10.4 Å². The Morgan fingerprint density at radius 1 is 1.14 bits per heavy atom. The number of alkyl halides is 5. The fourth-order valence-corrected chi connectivity index (χ4v) is 4.29. The standard InChI is InChI=1S/C25H22F5N3O3/c1-33-20(21(26)27)19(13-18(32-33)12-14-3-2-4-17(11-14)25(28,29)30)22(34)31-24(9-10-24)16-7-5-15(6-8-16)23(35)36/h2-8,11,21H,9-10,12-13H2,1H3,(H,31,34)(H,35,36). The van der Waals surface area contributed by atoms with E-state index in [-0.39, 0.29) is 35.3 Å². The number of carboxylic acid groups (broad SMARTS) is 1. The molecule has 0 atom stereocenters. The smallest absolute Gasteiger partial charge is 0.416 e. The average molecular weight is 507 g/mol. The Balaban J connectivity index is 1.56. The van der Waals surface area contributed by atoms with Crippen molar-refractivity contribution in [1.29, 1.82) is 0 Å². The number of hydrogen-bond donors (Lipinski definition) is 2. The lowest BCUT2D eigenvalue weighted by atomic mass is 9.96. The lowest BCUT2D eigenvalue weighted by Crippen LogP contribution is -2.40. The van der Waals surface area contributed by atoms with Crippen LogP contribution in [0.4, 0.5) is 22.0 Å². The molecule has 2 aromatic rings. The largest absolute Gasteiger partial charge is 0.478 e. The Morgan fingerprint density at radius 2 is 1.81 bits per heavy atom. The predicted molar refractivity (Wildman–Crippen MR) is 120 cm³/mol. The van der Waals surface area contributed by atoms with Gasteiger partial charge in [-0.1, -0.05) is 30.3 Å². The second-order valence-corrected chi connectivity index (χ2v) is 8.82. The Kier molecular flexibility index (Phi) is 6.59. The number of benzene rings is 2. The number of amides is 1. The number of aromatic carboxylic acids is 1. The van der Waals surface area contributed by atoms with Crippen molar-refractivity contribution in [3.63, 3.8) is 0 Å². The number of allylic oxidation sites excluding steroid dienone is 1. The Bertz CT molecular complexity index is 1250. The summed E-state index contributed by atoms with van der Waals surface area (Å²) >= 11 is 0. The second kappa shape index (κ2) is 9.36. The SMILES string of the molecule is CN1N=C(Cc2cccc(C(F)(F)F)c2)CC(C(=O)NC2(c3ccc(C(=O)O)cc3)CC2)=C1C(F)F. The van der Waals surface area contributed by atoms with E-state index in [4.69, 9.17) is 5.11 Å². The van der Waals surface area contributed by atoms with Crippen LogP contribution in [0.15, 0.2) is 64.9 Å². The van der Waals surface area contributed by atoms with Crippen LogP contribution in [0.25, 0.3) is 0 Å². The maximum Gasteiger partial charge on any atom is 0.416 e. The average Bonchev–Trinajstić information content (AvgIpc) is 3.58. The highest BCUT2D eigenvalue weighted by molar-refractivity contribution is 6.03. The van der Waals surface area contributed by atoms with E-state index >= 15 is 0 Å². The Hall–Kier alpha value is -3.76. The summed E-state index contributed by atoms with van der Waals surface area (Å²) in [6.45, 7) is 0. The molecular weight excluding hydrogens is 485 g/mol. The maximum atomic E-state index is 13.9. The molecular formula is C25H22F5N3O3. The zero-order valence-electron chi connectivity index (χ0n) is 19.1. The lowest BCUT2D eigenvalue weighted by molar-refractivity contribution is -0.137. The normalized spacial score (nSPS) is 17.2. The number of carbonyl (C=O) groups is 2. The van der Waals surface area contributed by atoms with Gasteiger partial charge in [-0.05, 0) is 42.2 Å². The summed E-state index contributed by atoms with van der Waals surface area (Å²) < 4.78 is 67.0. The van der Waals surface area contributed by atoms with Crippen LogP contribution in [0.3, 0.4) is 0 Å². The molecule has 1 amide bonds. The molecule has 0 spiro atoms. The quantitative estimate of drug-likeness (QED) is 0.519. The molecule has 6 nitrogen and oxygen atoms in total. The third-order valence-electron chi connectivity index (χ3n) is 6.26. The molecule has 36 heavy (non-hydrogen) atoms. The van der Waals surface area contributed by atoms with Gasteiger partial charge in [-0.25, -0.2) is 13.6 Å². The molecule has 1 heterocycles. The summed E-state index contributed by atoms with van der Waals surface area (Å²) in [5.41, 5.74) is -1.14. The van der Waals surface area contributed by atoms with Crippen molar-refractivity contribution in [3.05, 3.63) is 82.1 Å². The molecule has 0 unspecified atom stereocenters. The number of nitrogens with zero attached hydrogens (tertiary/aromatic N) is 2. The molecule has 2 aliphatic rings. The Morgan fingerprint density at radius 3 is 2.36 bits per heavy atom. The first-order valence-corrected chi connectivity index (χ1v) is 11.0. The summed E-state index contributed by atoms with van der Waals surface area (Å²) in [5, 5.41) is 16.9. The minimum Gasteiger partial charge on any atom is -0.478 e. The van der Waals surface area contributed by atoms with Crippen molar-refractivity contribution in [1.82, 2.24) is 10.3 Å². The van der Waals surface area contributed by atoms with Gasteiger partial charge in [0.1, 0.15) is 5.70 Å². The first-order chi connectivity index (χ1) is 16.9. The van der Waals surface area contributed by atoms with Crippen LogP contribution in [0, 0.1) is 0 Å². The number of carbonyl (C=O) groups excluding carboxylic acids is 1. The molecule has 1 saturated carbocycles. The third kappa shape index (κ3) is 5.24. The molecule has 0 saturated heterocycles. The number of hydrogen-bond acceptors (Lipinski definition) is 4. The van der Waals surface area contributed by atoms with Crippen LogP contribution in [0.5, 0.6) is 0 Å². The molecule has 11 heteroatoms. The molecule has 2 aromatic carbocycles.